The Bertz CT molecular complexity index is 1200. The van der Waals surface area contributed by atoms with Gasteiger partial charge in [0.2, 0.25) is 0 Å². The van der Waals surface area contributed by atoms with Crippen LogP contribution in [0.1, 0.15) is 73.6 Å². The van der Waals surface area contributed by atoms with Crippen LogP contribution in [0.15, 0.2) is 72.8 Å². The summed E-state index contributed by atoms with van der Waals surface area (Å²) in [5.41, 5.74) is 9.94. The normalized spacial score (nSPS) is 14.0. The van der Waals surface area contributed by atoms with E-state index in [1.807, 2.05) is 6.07 Å². The molecule has 1 saturated carbocycles. The third kappa shape index (κ3) is 6.33. The number of rotatable bonds is 9. The van der Waals surface area contributed by atoms with Gasteiger partial charge in [0, 0.05) is 5.57 Å². The van der Waals surface area contributed by atoms with Gasteiger partial charge in [-0.05, 0) is 90.0 Å². The molecule has 0 aliphatic heterocycles. The van der Waals surface area contributed by atoms with Crippen LogP contribution in [0.4, 0.5) is 0 Å². The largest absolute Gasteiger partial charge is 0.462 e. The van der Waals surface area contributed by atoms with Gasteiger partial charge in [-0.1, -0.05) is 86.5 Å². The molecule has 4 rings (SSSR count). The molecular weight excluding hydrogens is 444 g/mol. The predicted octanol–water partition coefficient (Wildman–Crippen LogP) is 7.92. The number of hydrogen-bond donors (Lipinski definition) is 1. The molecule has 0 bridgehead atoms. The SMILES string of the molecule is C=C(C)C(=O)OCCCc1cc(-c2ccc(-c3ccc(C4CCCCC4)cc3)cc2C)ccc1CO. The van der Waals surface area contributed by atoms with Crippen LogP contribution >= 0.6 is 0 Å². The van der Waals surface area contributed by atoms with Crippen molar-refractivity contribution in [2.45, 2.75) is 71.3 Å². The van der Waals surface area contributed by atoms with Gasteiger partial charge in [-0.25, -0.2) is 4.79 Å². The molecule has 0 unspecified atom stereocenters. The van der Waals surface area contributed by atoms with Crippen molar-refractivity contribution >= 4 is 5.97 Å². The number of ether oxygens (including phenoxy) is 1. The number of aliphatic hydroxyl groups excluding tert-OH is 1. The van der Waals surface area contributed by atoms with E-state index in [2.05, 4.69) is 68.1 Å². The smallest absolute Gasteiger partial charge is 0.333 e. The van der Waals surface area contributed by atoms with E-state index in [1.54, 1.807) is 6.92 Å². The van der Waals surface area contributed by atoms with Crippen molar-refractivity contribution in [2.75, 3.05) is 6.61 Å². The molecule has 1 aliphatic carbocycles. The highest BCUT2D eigenvalue weighted by Crippen LogP contribution is 2.35. The van der Waals surface area contributed by atoms with Crippen LogP contribution in [0, 0.1) is 6.92 Å². The minimum Gasteiger partial charge on any atom is -0.462 e. The van der Waals surface area contributed by atoms with Crippen LogP contribution in [-0.4, -0.2) is 17.7 Å². The Kier molecular flexibility index (Phi) is 8.77. The topological polar surface area (TPSA) is 46.5 Å². The fourth-order valence-electron chi connectivity index (χ4n) is 5.28. The fourth-order valence-corrected chi connectivity index (χ4v) is 5.28. The molecule has 0 saturated heterocycles. The monoisotopic (exact) mass is 482 g/mol. The maximum atomic E-state index is 11.6. The Hall–Kier alpha value is -3.17. The van der Waals surface area contributed by atoms with Crippen molar-refractivity contribution in [3.8, 4) is 22.3 Å². The summed E-state index contributed by atoms with van der Waals surface area (Å²) in [6, 6.07) is 22.1. The van der Waals surface area contributed by atoms with Gasteiger partial charge in [0.25, 0.3) is 0 Å². The first-order chi connectivity index (χ1) is 17.5. The standard InChI is InChI=1S/C33H38O3/c1-23(2)33(35)36-19-7-10-28-21-30(15-16-31(28)22-34)32-18-17-29(20-24(32)3)27-13-11-26(12-14-27)25-8-5-4-6-9-25/h11-18,20-21,25,34H,1,4-10,19,22H2,2-3H3. The van der Waals surface area contributed by atoms with E-state index in [0.717, 1.165) is 29.0 Å². The molecule has 0 aromatic heterocycles. The highest BCUT2D eigenvalue weighted by atomic mass is 16.5. The molecule has 36 heavy (non-hydrogen) atoms. The first-order valence-corrected chi connectivity index (χ1v) is 13.2. The van der Waals surface area contributed by atoms with E-state index in [4.69, 9.17) is 4.74 Å². The summed E-state index contributed by atoms with van der Waals surface area (Å²) in [4.78, 5) is 11.6. The molecule has 188 valence electrons. The molecule has 3 aromatic rings. The number of carbonyl (C=O) groups is 1. The molecule has 1 N–H and O–H groups in total. The molecule has 0 amide bonds. The lowest BCUT2D eigenvalue weighted by atomic mass is 9.83. The van der Waals surface area contributed by atoms with Crippen molar-refractivity contribution in [1.29, 1.82) is 0 Å². The van der Waals surface area contributed by atoms with Crippen LogP contribution in [0.2, 0.25) is 0 Å². The number of carbonyl (C=O) groups excluding carboxylic acids is 1. The number of esters is 1. The molecule has 1 fully saturated rings. The van der Waals surface area contributed by atoms with Crippen LogP contribution in [0.25, 0.3) is 22.3 Å². The minimum absolute atomic E-state index is 0.00403. The number of benzene rings is 3. The van der Waals surface area contributed by atoms with Crippen molar-refractivity contribution in [3.05, 3.63) is 95.1 Å². The molecule has 0 radical (unpaired) electrons. The van der Waals surface area contributed by atoms with E-state index in [0.29, 0.717) is 18.6 Å². The second-order valence-electron chi connectivity index (χ2n) is 10.1. The minimum atomic E-state index is -0.356. The number of aliphatic hydroxyl groups is 1. The summed E-state index contributed by atoms with van der Waals surface area (Å²) in [5.74, 6) is 0.372. The van der Waals surface area contributed by atoms with Crippen molar-refractivity contribution in [2.24, 2.45) is 0 Å². The Morgan fingerprint density at radius 2 is 1.61 bits per heavy atom. The summed E-state index contributed by atoms with van der Waals surface area (Å²) < 4.78 is 5.23. The van der Waals surface area contributed by atoms with E-state index in [1.165, 1.54) is 59.9 Å². The lowest BCUT2D eigenvalue weighted by Crippen LogP contribution is -2.07. The number of hydrogen-bond acceptors (Lipinski definition) is 3. The molecule has 0 atom stereocenters. The summed E-state index contributed by atoms with van der Waals surface area (Å²) in [5, 5.41) is 9.82. The maximum absolute atomic E-state index is 11.6. The first-order valence-electron chi connectivity index (χ1n) is 13.2. The fraction of sp³-hybridized carbons (Fsp3) is 0.364. The van der Waals surface area contributed by atoms with Gasteiger partial charge in [0.15, 0.2) is 0 Å². The summed E-state index contributed by atoms with van der Waals surface area (Å²) >= 11 is 0. The lowest BCUT2D eigenvalue weighted by molar-refractivity contribution is -0.139. The first kappa shape index (κ1) is 25.9. The summed E-state index contributed by atoms with van der Waals surface area (Å²) in [7, 11) is 0. The Balaban J connectivity index is 1.48. The van der Waals surface area contributed by atoms with E-state index in [-0.39, 0.29) is 12.6 Å². The Labute approximate surface area is 215 Å². The zero-order valence-electron chi connectivity index (χ0n) is 21.7. The molecule has 0 heterocycles. The van der Waals surface area contributed by atoms with Gasteiger partial charge < -0.3 is 9.84 Å². The van der Waals surface area contributed by atoms with Crippen molar-refractivity contribution in [1.82, 2.24) is 0 Å². The van der Waals surface area contributed by atoms with Crippen LogP contribution < -0.4 is 0 Å². The Morgan fingerprint density at radius 3 is 2.28 bits per heavy atom. The molecule has 3 aromatic carbocycles. The third-order valence-electron chi connectivity index (χ3n) is 7.41. The van der Waals surface area contributed by atoms with Crippen LogP contribution in [0.5, 0.6) is 0 Å². The van der Waals surface area contributed by atoms with Gasteiger partial charge in [-0.2, -0.15) is 0 Å². The number of aryl methyl sites for hydroxylation is 2. The zero-order valence-corrected chi connectivity index (χ0v) is 21.7. The average molecular weight is 483 g/mol. The average Bonchev–Trinajstić information content (AvgIpc) is 2.91. The van der Waals surface area contributed by atoms with Crippen LogP contribution in [-0.2, 0) is 22.6 Å². The van der Waals surface area contributed by atoms with E-state index in [9.17, 15) is 9.90 Å². The molecular formula is C33H38O3. The molecule has 1 aliphatic rings. The summed E-state index contributed by atoms with van der Waals surface area (Å²) in [6.07, 6.45) is 8.18. The van der Waals surface area contributed by atoms with Gasteiger partial charge in [0.1, 0.15) is 0 Å². The van der Waals surface area contributed by atoms with Gasteiger partial charge in [0.05, 0.1) is 13.2 Å². The quantitative estimate of drug-likeness (QED) is 0.191. The highest BCUT2D eigenvalue weighted by molar-refractivity contribution is 5.86. The maximum Gasteiger partial charge on any atom is 0.333 e. The lowest BCUT2D eigenvalue weighted by Gasteiger charge is -2.22. The third-order valence-corrected chi connectivity index (χ3v) is 7.41. The molecule has 3 nitrogen and oxygen atoms in total. The van der Waals surface area contributed by atoms with Crippen molar-refractivity contribution in [3.63, 3.8) is 0 Å². The van der Waals surface area contributed by atoms with Gasteiger partial charge in [-0.15, -0.1) is 0 Å². The zero-order chi connectivity index (χ0) is 25.5. The van der Waals surface area contributed by atoms with Crippen molar-refractivity contribution < 1.29 is 14.6 Å². The summed E-state index contributed by atoms with van der Waals surface area (Å²) in [6.45, 7) is 7.76. The van der Waals surface area contributed by atoms with Gasteiger partial charge in [-0.3, -0.25) is 0 Å². The second kappa shape index (κ2) is 12.2. The molecule has 3 heteroatoms. The van der Waals surface area contributed by atoms with Crippen LogP contribution in [0.3, 0.4) is 0 Å². The predicted molar refractivity (Wildman–Crippen MR) is 148 cm³/mol. The second-order valence-corrected chi connectivity index (χ2v) is 10.1. The highest BCUT2D eigenvalue weighted by Gasteiger charge is 2.15. The molecule has 0 spiro atoms. The van der Waals surface area contributed by atoms with Gasteiger partial charge >= 0.3 is 5.97 Å². The van der Waals surface area contributed by atoms with E-state index < -0.39 is 0 Å². The van der Waals surface area contributed by atoms with E-state index >= 15 is 0 Å². The Morgan fingerprint density at radius 1 is 0.917 bits per heavy atom.